The van der Waals surface area contributed by atoms with Gasteiger partial charge < -0.3 is 21.5 Å². The average Bonchev–Trinajstić information content (AvgIpc) is 3.28. The molecule has 1 fully saturated rings. The fraction of sp³-hybridized carbons (Fsp3) is 0.350. The van der Waals surface area contributed by atoms with Crippen molar-refractivity contribution in [3.05, 3.63) is 47.9 Å². The van der Waals surface area contributed by atoms with Crippen molar-refractivity contribution in [1.29, 1.82) is 0 Å². The molecule has 1 aliphatic rings. The number of nitrogens with one attached hydrogen (secondary N) is 1. The molecule has 0 saturated carbocycles. The number of aromatic nitrogens is 3. The highest BCUT2D eigenvalue weighted by Gasteiger charge is 2.38. The second-order valence-electron chi connectivity index (χ2n) is 7.25. The topological polar surface area (TPSA) is 121 Å². The molecule has 1 aromatic carbocycles. The molecule has 0 aliphatic carbocycles. The van der Waals surface area contributed by atoms with Crippen LogP contribution in [0.25, 0.3) is 10.6 Å². The lowest BCUT2D eigenvalue weighted by molar-refractivity contribution is -0.0793. The molecule has 3 heterocycles. The highest BCUT2D eigenvalue weighted by atomic mass is 32.1. The summed E-state index contributed by atoms with van der Waals surface area (Å²) in [6.07, 6.45) is 4.04. The Labute approximate surface area is 190 Å². The number of hydrogen-bond acceptors (Lipinski definition) is 7. The van der Waals surface area contributed by atoms with Crippen molar-refractivity contribution < 1.29 is 27.1 Å². The third-order valence-corrected chi connectivity index (χ3v) is 5.55. The molecule has 13 heteroatoms. The SMILES string of the molecule is Cn1cc(NC(=O)c2nc(-c3c(F)cccc3F)sc2N)cn1.NC1CCCOCC1(F)F. The van der Waals surface area contributed by atoms with Gasteiger partial charge in [0.15, 0.2) is 5.69 Å². The van der Waals surface area contributed by atoms with E-state index in [1.165, 1.54) is 16.9 Å². The van der Waals surface area contributed by atoms with Crippen LogP contribution >= 0.6 is 11.3 Å². The van der Waals surface area contributed by atoms with Gasteiger partial charge in [-0.2, -0.15) is 5.10 Å². The van der Waals surface area contributed by atoms with Crippen LogP contribution in [-0.2, 0) is 11.8 Å². The Hall–Kier alpha value is -3.03. The van der Waals surface area contributed by atoms with Gasteiger partial charge in [-0.1, -0.05) is 17.4 Å². The number of anilines is 2. The lowest BCUT2D eigenvalue weighted by Crippen LogP contribution is -2.42. The molecule has 1 unspecified atom stereocenters. The van der Waals surface area contributed by atoms with Crippen LogP contribution in [0.5, 0.6) is 0 Å². The molecular formula is C20H22F4N6O2S. The minimum absolute atomic E-state index is 0.00874. The standard InChI is InChI=1S/C14H11F2N5OS.C6H11F2NO/c1-21-6-7(5-18-21)19-13(22)11-12(17)23-14(20-11)10-8(15)3-2-4-9(10)16;7-6(8)4-10-3-1-2-5(6)9/h2-6H,17H2,1H3,(H,19,22);5H,1-4,9H2. The number of nitrogens with zero attached hydrogens (tertiary/aromatic N) is 3. The fourth-order valence-corrected chi connectivity index (χ4v) is 3.79. The highest BCUT2D eigenvalue weighted by Crippen LogP contribution is 2.33. The van der Waals surface area contributed by atoms with Crippen LogP contribution in [-0.4, -0.2) is 45.8 Å². The normalized spacial score (nSPS) is 17.6. The van der Waals surface area contributed by atoms with E-state index in [2.05, 4.69) is 20.1 Å². The van der Waals surface area contributed by atoms with E-state index in [9.17, 15) is 22.4 Å². The molecule has 3 aromatic rings. The monoisotopic (exact) mass is 486 g/mol. The summed E-state index contributed by atoms with van der Waals surface area (Å²) in [5, 5.41) is 6.57. The summed E-state index contributed by atoms with van der Waals surface area (Å²) >= 11 is 0.845. The highest BCUT2D eigenvalue weighted by molar-refractivity contribution is 7.19. The number of halogens is 4. The number of nitrogens with two attached hydrogens (primary N) is 2. The third-order valence-electron chi connectivity index (χ3n) is 4.65. The van der Waals surface area contributed by atoms with E-state index in [1.54, 1.807) is 13.2 Å². The summed E-state index contributed by atoms with van der Waals surface area (Å²) in [5.41, 5.74) is 11.0. The lowest BCUT2D eigenvalue weighted by Gasteiger charge is -2.19. The van der Waals surface area contributed by atoms with E-state index in [0.717, 1.165) is 23.5 Å². The Morgan fingerprint density at radius 1 is 1.33 bits per heavy atom. The first-order valence-corrected chi connectivity index (χ1v) is 10.6. The molecule has 1 saturated heterocycles. The zero-order chi connectivity index (χ0) is 24.2. The Bertz CT molecular complexity index is 1100. The van der Waals surface area contributed by atoms with E-state index in [4.69, 9.17) is 11.5 Å². The van der Waals surface area contributed by atoms with Crippen molar-refractivity contribution in [2.45, 2.75) is 24.8 Å². The van der Waals surface area contributed by atoms with Crippen LogP contribution in [0.3, 0.4) is 0 Å². The molecule has 5 N–H and O–H groups in total. The average molecular weight is 486 g/mol. The van der Waals surface area contributed by atoms with Gasteiger partial charge in [-0.3, -0.25) is 9.48 Å². The van der Waals surface area contributed by atoms with Gasteiger partial charge in [0.05, 0.1) is 23.5 Å². The van der Waals surface area contributed by atoms with Crippen molar-refractivity contribution in [2.24, 2.45) is 12.8 Å². The maximum atomic E-state index is 13.8. The van der Waals surface area contributed by atoms with Gasteiger partial charge in [-0.15, -0.1) is 0 Å². The number of hydrogen-bond donors (Lipinski definition) is 3. The molecule has 33 heavy (non-hydrogen) atoms. The minimum Gasteiger partial charge on any atom is -0.389 e. The quantitative estimate of drug-likeness (QED) is 0.488. The summed E-state index contributed by atoms with van der Waals surface area (Å²) in [6, 6.07) is 2.47. The van der Waals surface area contributed by atoms with E-state index in [1.807, 2.05) is 0 Å². The second-order valence-corrected chi connectivity index (χ2v) is 8.28. The molecule has 0 bridgehead atoms. The number of carbonyl (C=O) groups is 1. The van der Waals surface area contributed by atoms with Gasteiger partial charge in [0.1, 0.15) is 28.3 Å². The Morgan fingerprint density at radius 2 is 2.03 bits per heavy atom. The van der Waals surface area contributed by atoms with Gasteiger partial charge in [-0.25, -0.2) is 22.5 Å². The first-order chi connectivity index (χ1) is 15.6. The van der Waals surface area contributed by atoms with Gasteiger partial charge >= 0.3 is 0 Å². The van der Waals surface area contributed by atoms with Gasteiger partial charge in [0.25, 0.3) is 11.8 Å². The summed E-state index contributed by atoms with van der Waals surface area (Å²) in [7, 11) is 1.70. The number of aryl methyl sites for hydroxylation is 1. The maximum Gasteiger partial charge on any atom is 0.285 e. The van der Waals surface area contributed by atoms with E-state index < -0.39 is 36.1 Å². The number of carbonyl (C=O) groups excluding carboxylic acids is 1. The first kappa shape index (κ1) is 24.6. The largest absolute Gasteiger partial charge is 0.389 e. The first-order valence-electron chi connectivity index (χ1n) is 9.80. The number of nitrogen functional groups attached to an aromatic ring is 1. The van der Waals surface area contributed by atoms with E-state index in [-0.39, 0.29) is 21.3 Å². The van der Waals surface area contributed by atoms with Gasteiger partial charge in [0, 0.05) is 19.9 Å². The Balaban J connectivity index is 0.000000257. The van der Waals surface area contributed by atoms with Crippen molar-refractivity contribution in [3.8, 4) is 10.6 Å². The maximum absolute atomic E-state index is 13.8. The molecule has 2 aromatic heterocycles. The zero-order valence-corrected chi connectivity index (χ0v) is 18.3. The Morgan fingerprint density at radius 3 is 2.67 bits per heavy atom. The number of ether oxygens (including phenoxy) is 1. The molecule has 1 aliphatic heterocycles. The third kappa shape index (κ3) is 6.06. The summed E-state index contributed by atoms with van der Waals surface area (Å²) in [6.45, 7) is -0.114. The lowest BCUT2D eigenvalue weighted by atomic mass is 10.1. The van der Waals surface area contributed by atoms with Crippen LogP contribution in [0.4, 0.5) is 28.3 Å². The molecule has 1 atom stereocenters. The number of alkyl halides is 2. The smallest absolute Gasteiger partial charge is 0.285 e. The summed E-state index contributed by atoms with van der Waals surface area (Å²) < 4.78 is 59.0. The molecule has 178 valence electrons. The fourth-order valence-electron chi connectivity index (χ4n) is 2.91. The number of amides is 1. The zero-order valence-electron chi connectivity index (χ0n) is 17.5. The van der Waals surface area contributed by atoms with Gasteiger partial charge in [-0.05, 0) is 25.0 Å². The number of thiazole rings is 1. The molecule has 8 nitrogen and oxygen atoms in total. The van der Waals surface area contributed by atoms with Crippen molar-refractivity contribution in [2.75, 3.05) is 24.3 Å². The predicted octanol–water partition coefficient (Wildman–Crippen LogP) is 3.42. The molecule has 0 radical (unpaired) electrons. The van der Waals surface area contributed by atoms with Crippen LogP contribution in [0.15, 0.2) is 30.6 Å². The second kappa shape index (κ2) is 10.3. The molecular weight excluding hydrogens is 464 g/mol. The van der Waals surface area contributed by atoms with Gasteiger partial charge in [0.2, 0.25) is 0 Å². The number of benzene rings is 1. The predicted molar refractivity (Wildman–Crippen MR) is 116 cm³/mol. The molecule has 0 spiro atoms. The van der Waals surface area contributed by atoms with Crippen LogP contribution < -0.4 is 16.8 Å². The Kier molecular flexibility index (Phi) is 7.66. The van der Waals surface area contributed by atoms with Crippen molar-refractivity contribution >= 4 is 27.9 Å². The molecule has 1 amide bonds. The van der Waals surface area contributed by atoms with Crippen LogP contribution in [0.2, 0.25) is 0 Å². The summed E-state index contributed by atoms with van der Waals surface area (Å²) in [5.74, 6) is -4.93. The van der Waals surface area contributed by atoms with Crippen LogP contribution in [0, 0.1) is 11.6 Å². The van der Waals surface area contributed by atoms with Crippen molar-refractivity contribution in [1.82, 2.24) is 14.8 Å². The van der Waals surface area contributed by atoms with E-state index >= 15 is 0 Å². The van der Waals surface area contributed by atoms with Crippen LogP contribution in [0.1, 0.15) is 23.3 Å². The van der Waals surface area contributed by atoms with Crippen molar-refractivity contribution in [3.63, 3.8) is 0 Å². The summed E-state index contributed by atoms with van der Waals surface area (Å²) in [4.78, 5) is 16.2. The van der Waals surface area contributed by atoms with E-state index in [0.29, 0.717) is 25.1 Å². The number of rotatable bonds is 3. The minimum atomic E-state index is -2.82. The molecule has 4 rings (SSSR count).